The van der Waals surface area contributed by atoms with Gasteiger partial charge < -0.3 is 10.1 Å². The normalized spacial score (nSPS) is 11.1. The zero-order valence-electron chi connectivity index (χ0n) is 19.4. The first-order valence-electron chi connectivity index (χ1n) is 11.2. The predicted octanol–water partition coefficient (Wildman–Crippen LogP) is 5.32. The molecule has 0 spiro atoms. The molecule has 0 radical (unpaired) electrons. The van der Waals surface area contributed by atoms with Crippen LogP contribution in [0.15, 0.2) is 82.0 Å². The maximum Gasteiger partial charge on any atom is 0.270 e. The van der Waals surface area contributed by atoms with Crippen LogP contribution in [0.4, 0.5) is 0 Å². The molecule has 0 aliphatic heterocycles. The number of nitrogens with zero attached hydrogens (tertiary/aromatic N) is 5. The van der Waals surface area contributed by atoms with Gasteiger partial charge in [0.05, 0.1) is 18.4 Å². The van der Waals surface area contributed by atoms with Crippen molar-refractivity contribution >= 4 is 43.4 Å². The lowest BCUT2D eigenvalue weighted by molar-refractivity contribution is 0.0944. The number of hydrogen-bond acceptors (Lipinski definition) is 5. The first-order valence-corrected chi connectivity index (χ1v) is 12.8. The van der Waals surface area contributed by atoms with Crippen LogP contribution in [0, 0.1) is 6.92 Å². The van der Waals surface area contributed by atoms with E-state index in [1.165, 1.54) is 0 Å². The monoisotopic (exact) mass is 608 g/mol. The summed E-state index contributed by atoms with van der Waals surface area (Å²) in [5.41, 5.74) is 4.79. The van der Waals surface area contributed by atoms with Gasteiger partial charge in [0.15, 0.2) is 0 Å². The number of nitrogens with one attached hydrogen (secondary N) is 1. The molecule has 3 heterocycles. The molecule has 1 amide bonds. The lowest BCUT2D eigenvalue weighted by Gasteiger charge is -2.08. The molecule has 1 N–H and O–H groups in total. The second kappa shape index (κ2) is 10.6. The number of fused-ring (bicyclic) bond motifs is 1. The second-order valence-corrected chi connectivity index (χ2v) is 10.1. The van der Waals surface area contributed by atoms with Crippen LogP contribution in [0.1, 0.15) is 33.0 Å². The van der Waals surface area contributed by atoms with Crippen LogP contribution in [-0.2, 0) is 19.7 Å². The molecule has 0 aliphatic rings. The van der Waals surface area contributed by atoms with Gasteiger partial charge in [0.25, 0.3) is 5.91 Å². The van der Waals surface area contributed by atoms with E-state index in [1.54, 1.807) is 9.08 Å². The Labute approximate surface area is 224 Å². The number of amides is 1. The van der Waals surface area contributed by atoms with E-state index in [2.05, 4.69) is 52.5 Å². The van der Waals surface area contributed by atoms with Crippen LogP contribution in [0.3, 0.4) is 0 Å². The highest BCUT2D eigenvalue weighted by atomic mass is 79.9. The van der Waals surface area contributed by atoms with Gasteiger partial charge in [-0.25, -0.2) is 9.67 Å². The largest absolute Gasteiger partial charge is 0.487 e. The van der Waals surface area contributed by atoms with Crippen LogP contribution >= 0.6 is 31.9 Å². The minimum absolute atomic E-state index is 0.176. The van der Waals surface area contributed by atoms with Gasteiger partial charge in [-0.05, 0) is 70.4 Å². The van der Waals surface area contributed by atoms with Gasteiger partial charge in [0.2, 0.25) is 0 Å². The number of pyridine rings is 1. The van der Waals surface area contributed by atoms with Crippen molar-refractivity contribution in [2.24, 2.45) is 0 Å². The number of carbonyl (C=O) groups is 1. The van der Waals surface area contributed by atoms with Gasteiger partial charge in [0, 0.05) is 21.7 Å². The number of aromatic nitrogens is 5. The molecule has 10 heteroatoms. The summed E-state index contributed by atoms with van der Waals surface area (Å²) in [6.07, 6.45) is 3.72. The van der Waals surface area contributed by atoms with Crippen molar-refractivity contribution in [3.63, 3.8) is 0 Å². The van der Waals surface area contributed by atoms with E-state index >= 15 is 0 Å². The van der Waals surface area contributed by atoms with Crippen molar-refractivity contribution in [1.29, 1.82) is 0 Å². The second-order valence-electron chi connectivity index (χ2n) is 8.27. The Morgan fingerprint density at radius 3 is 2.44 bits per heavy atom. The van der Waals surface area contributed by atoms with Gasteiger partial charge in [-0.15, -0.1) is 5.10 Å². The van der Waals surface area contributed by atoms with E-state index in [1.807, 2.05) is 80.0 Å². The van der Waals surface area contributed by atoms with Crippen LogP contribution in [-0.4, -0.2) is 30.3 Å². The van der Waals surface area contributed by atoms with Crippen molar-refractivity contribution < 1.29 is 9.53 Å². The van der Waals surface area contributed by atoms with Gasteiger partial charge in [-0.1, -0.05) is 45.4 Å². The first-order chi connectivity index (χ1) is 17.4. The molecular formula is C26H22Br2N6O2. The summed E-state index contributed by atoms with van der Waals surface area (Å²) < 4.78 is 11.4. The molecule has 0 saturated heterocycles. The molecule has 5 aromatic rings. The van der Waals surface area contributed by atoms with Gasteiger partial charge in [-0.3, -0.25) is 9.20 Å². The molecular weight excluding hydrogens is 588 g/mol. The minimum Gasteiger partial charge on any atom is -0.487 e. The van der Waals surface area contributed by atoms with E-state index in [9.17, 15) is 4.79 Å². The number of benzene rings is 2. The summed E-state index contributed by atoms with van der Waals surface area (Å²) in [6.45, 7) is 3.19. The molecule has 0 bridgehead atoms. The molecule has 0 unspecified atom stereocenters. The Hall–Kier alpha value is -3.50. The standard InChI is InChI=1S/C26H22Br2N6O2/c1-17-25(34-14-21(28)8-11-24(34)30-17)26(35)29-12-18-4-9-23(10-5-18)36-16-22-15-33(32-31-22)13-19-2-6-20(27)7-3-19/h2-11,14-15H,12-13,16H2,1H3,(H,29,35). The number of ether oxygens (including phenoxy) is 1. The molecule has 8 nitrogen and oxygen atoms in total. The maximum absolute atomic E-state index is 12.9. The lowest BCUT2D eigenvalue weighted by atomic mass is 10.2. The molecule has 182 valence electrons. The topological polar surface area (TPSA) is 86.3 Å². The summed E-state index contributed by atoms with van der Waals surface area (Å²) in [5, 5.41) is 11.3. The Balaban J connectivity index is 1.14. The average Bonchev–Trinajstić information content (AvgIpc) is 3.46. The van der Waals surface area contributed by atoms with Crippen LogP contribution in [0.2, 0.25) is 0 Å². The Kier molecular flexibility index (Phi) is 7.15. The predicted molar refractivity (Wildman–Crippen MR) is 143 cm³/mol. The molecule has 0 aliphatic carbocycles. The highest BCUT2D eigenvalue weighted by molar-refractivity contribution is 9.10. The number of imidazole rings is 1. The van der Waals surface area contributed by atoms with Crippen LogP contribution in [0.5, 0.6) is 5.75 Å². The maximum atomic E-state index is 12.9. The first kappa shape index (κ1) is 24.2. The number of rotatable bonds is 8. The van der Waals surface area contributed by atoms with E-state index in [-0.39, 0.29) is 5.91 Å². The fourth-order valence-electron chi connectivity index (χ4n) is 3.80. The van der Waals surface area contributed by atoms with Crippen molar-refractivity contribution in [1.82, 2.24) is 29.7 Å². The Morgan fingerprint density at radius 1 is 0.944 bits per heavy atom. The molecule has 3 aromatic heterocycles. The van der Waals surface area contributed by atoms with Gasteiger partial charge in [-0.2, -0.15) is 0 Å². The molecule has 0 saturated carbocycles. The molecule has 5 rings (SSSR count). The fraction of sp³-hybridized carbons (Fsp3) is 0.154. The number of halogens is 2. The third-order valence-electron chi connectivity index (χ3n) is 5.58. The van der Waals surface area contributed by atoms with E-state index < -0.39 is 0 Å². The van der Waals surface area contributed by atoms with E-state index in [4.69, 9.17) is 4.74 Å². The number of aryl methyl sites for hydroxylation is 1. The van der Waals surface area contributed by atoms with E-state index in [0.29, 0.717) is 31.1 Å². The van der Waals surface area contributed by atoms with Crippen molar-refractivity contribution in [2.75, 3.05) is 0 Å². The van der Waals surface area contributed by atoms with Crippen LogP contribution < -0.4 is 10.1 Å². The van der Waals surface area contributed by atoms with E-state index in [0.717, 1.165) is 37.2 Å². The highest BCUT2D eigenvalue weighted by Gasteiger charge is 2.16. The quantitative estimate of drug-likeness (QED) is 0.257. The van der Waals surface area contributed by atoms with Gasteiger partial charge >= 0.3 is 0 Å². The summed E-state index contributed by atoms with van der Waals surface area (Å²) in [5.74, 6) is 0.541. The number of hydrogen-bond donors (Lipinski definition) is 1. The third-order valence-corrected chi connectivity index (χ3v) is 6.58. The highest BCUT2D eigenvalue weighted by Crippen LogP contribution is 2.18. The lowest BCUT2D eigenvalue weighted by Crippen LogP contribution is -2.25. The van der Waals surface area contributed by atoms with Crippen molar-refractivity contribution in [3.8, 4) is 5.75 Å². The Bertz CT molecular complexity index is 1510. The molecule has 0 fully saturated rings. The zero-order chi connectivity index (χ0) is 25.1. The third kappa shape index (κ3) is 5.66. The van der Waals surface area contributed by atoms with Crippen molar-refractivity contribution in [3.05, 3.63) is 110 Å². The molecule has 36 heavy (non-hydrogen) atoms. The Morgan fingerprint density at radius 2 is 1.67 bits per heavy atom. The summed E-state index contributed by atoms with van der Waals surface area (Å²) in [7, 11) is 0. The fourth-order valence-corrected chi connectivity index (χ4v) is 4.40. The number of carbonyl (C=O) groups excluding carboxylic acids is 1. The SMILES string of the molecule is Cc1nc2ccc(Br)cn2c1C(=O)NCc1ccc(OCc2cn(Cc3ccc(Br)cc3)nn2)cc1. The zero-order valence-corrected chi connectivity index (χ0v) is 22.5. The van der Waals surface area contributed by atoms with Crippen LogP contribution in [0.25, 0.3) is 5.65 Å². The smallest absolute Gasteiger partial charge is 0.270 e. The van der Waals surface area contributed by atoms with Gasteiger partial charge in [0.1, 0.15) is 29.4 Å². The van der Waals surface area contributed by atoms with Crippen molar-refractivity contribution in [2.45, 2.75) is 26.6 Å². The summed E-state index contributed by atoms with van der Waals surface area (Å²) >= 11 is 6.89. The summed E-state index contributed by atoms with van der Waals surface area (Å²) in [6, 6.07) is 19.5. The minimum atomic E-state index is -0.176. The summed E-state index contributed by atoms with van der Waals surface area (Å²) in [4.78, 5) is 17.3. The molecule has 0 atom stereocenters. The average molecular weight is 610 g/mol. The molecule has 2 aromatic carbocycles.